The van der Waals surface area contributed by atoms with Crippen LogP contribution in [0.15, 0.2) is 0 Å². The third-order valence-electron chi connectivity index (χ3n) is 3.67. The number of carbonyl (C=O) groups is 2. The zero-order chi connectivity index (χ0) is 13.7. The van der Waals surface area contributed by atoms with Gasteiger partial charge in [0.2, 0.25) is 0 Å². The van der Waals surface area contributed by atoms with Crippen LogP contribution in [0.4, 0.5) is 4.79 Å². The molecule has 6 heteroatoms. The Morgan fingerprint density at radius 3 is 2.63 bits per heavy atom. The van der Waals surface area contributed by atoms with Gasteiger partial charge in [-0.2, -0.15) is 0 Å². The summed E-state index contributed by atoms with van der Waals surface area (Å²) in [5.41, 5.74) is 0. The Kier molecular flexibility index (Phi) is 5.01. The van der Waals surface area contributed by atoms with E-state index in [0.29, 0.717) is 12.5 Å². The van der Waals surface area contributed by atoms with Gasteiger partial charge in [0.05, 0.1) is 12.5 Å². The number of carboxylic acids is 1. The van der Waals surface area contributed by atoms with E-state index in [1.807, 2.05) is 0 Å². The van der Waals surface area contributed by atoms with Crippen LogP contribution in [0.2, 0.25) is 0 Å². The highest BCUT2D eigenvalue weighted by atomic mass is 16.5. The highest BCUT2D eigenvalue weighted by molar-refractivity contribution is 5.75. The van der Waals surface area contributed by atoms with Crippen LogP contribution in [0.5, 0.6) is 0 Å². The number of carbonyl (C=O) groups excluding carboxylic acids is 1. The topological polar surface area (TPSA) is 87.7 Å². The predicted octanol–water partition coefficient (Wildman–Crippen LogP) is 1.11. The van der Waals surface area contributed by atoms with E-state index in [1.54, 1.807) is 0 Å². The van der Waals surface area contributed by atoms with Crippen molar-refractivity contribution < 1.29 is 19.4 Å². The van der Waals surface area contributed by atoms with E-state index >= 15 is 0 Å². The summed E-state index contributed by atoms with van der Waals surface area (Å²) in [6, 6.07) is -0.530. The SMILES string of the molecule is O=C(O)CC(NC(=O)NCC1CCCCO1)C1CC1. The first-order valence-corrected chi connectivity index (χ1v) is 7.03. The molecule has 0 bridgehead atoms. The molecule has 2 rings (SSSR count). The second kappa shape index (κ2) is 6.75. The third-order valence-corrected chi connectivity index (χ3v) is 3.67. The van der Waals surface area contributed by atoms with Crippen molar-refractivity contribution in [3.05, 3.63) is 0 Å². The van der Waals surface area contributed by atoms with Crippen molar-refractivity contribution in [3.63, 3.8) is 0 Å². The molecule has 0 aromatic rings. The van der Waals surface area contributed by atoms with Crippen LogP contribution in [-0.2, 0) is 9.53 Å². The van der Waals surface area contributed by atoms with Crippen molar-refractivity contribution in [2.24, 2.45) is 5.92 Å². The molecule has 2 unspecified atom stereocenters. The fourth-order valence-electron chi connectivity index (χ4n) is 2.42. The summed E-state index contributed by atoms with van der Waals surface area (Å²) in [6.45, 7) is 1.26. The van der Waals surface area contributed by atoms with E-state index in [0.717, 1.165) is 38.7 Å². The number of aliphatic carboxylic acids is 1. The first-order chi connectivity index (χ1) is 9.15. The predicted molar refractivity (Wildman–Crippen MR) is 68.9 cm³/mol. The van der Waals surface area contributed by atoms with Crippen LogP contribution in [0.1, 0.15) is 38.5 Å². The van der Waals surface area contributed by atoms with Gasteiger partial charge < -0.3 is 20.5 Å². The van der Waals surface area contributed by atoms with Gasteiger partial charge in [-0.15, -0.1) is 0 Å². The zero-order valence-corrected chi connectivity index (χ0v) is 11.1. The van der Waals surface area contributed by atoms with Crippen LogP contribution in [-0.4, -0.2) is 42.4 Å². The lowest BCUT2D eigenvalue weighted by atomic mass is 10.1. The number of rotatable bonds is 6. The van der Waals surface area contributed by atoms with Gasteiger partial charge in [-0.05, 0) is 38.0 Å². The second-order valence-corrected chi connectivity index (χ2v) is 5.38. The molecule has 0 aromatic heterocycles. The van der Waals surface area contributed by atoms with Gasteiger partial charge in [-0.3, -0.25) is 4.79 Å². The van der Waals surface area contributed by atoms with E-state index in [9.17, 15) is 9.59 Å². The molecule has 2 aliphatic rings. The molecule has 2 amide bonds. The summed E-state index contributed by atoms with van der Waals surface area (Å²) in [7, 11) is 0. The third kappa shape index (κ3) is 5.06. The van der Waals surface area contributed by atoms with Crippen LogP contribution < -0.4 is 10.6 Å². The Morgan fingerprint density at radius 1 is 1.26 bits per heavy atom. The molecule has 1 aliphatic carbocycles. The van der Waals surface area contributed by atoms with Crippen molar-refractivity contribution in [1.82, 2.24) is 10.6 Å². The van der Waals surface area contributed by atoms with Gasteiger partial charge in [-0.1, -0.05) is 0 Å². The molecule has 1 saturated carbocycles. The highest BCUT2D eigenvalue weighted by Crippen LogP contribution is 2.33. The number of ether oxygens (including phenoxy) is 1. The van der Waals surface area contributed by atoms with Crippen molar-refractivity contribution in [3.8, 4) is 0 Å². The summed E-state index contributed by atoms with van der Waals surface area (Å²) in [5, 5.41) is 14.3. The lowest BCUT2D eigenvalue weighted by Gasteiger charge is -2.23. The van der Waals surface area contributed by atoms with E-state index in [-0.39, 0.29) is 24.6 Å². The molecule has 3 N–H and O–H groups in total. The maximum Gasteiger partial charge on any atom is 0.315 e. The normalized spacial score (nSPS) is 24.5. The molecule has 19 heavy (non-hydrogen) atoms. The number of nitrogens with one attached hydrogen (secondary N) is 2. The number of hydrogen-bond donors (Lipinski definition) is 3. The fraction of sp³-hybridized carbons (Fsp3) is 0.846. The van der Waals surface area contributed by atoms with E-state index in [1.165, 1.54) is 0 Å². The molecule has 0 spiro atoms. The second-order valence-electron chi connectivity index (χ2n) is 5.38. The average Bonchev–Trinajstić information content (AvgIpc) is 3.20. The molecule has 1 aliphatic heterocycles. The summed E-state index contributed by atoms with van der Waals surface area (Å²) in [6.07, 6.45) is 5.30. The van der Waals surface area contributed by atoms with E-state index in [2.05, 4.69) is 10.6 Å². The zero-order valence-electron chi connectivity index (χ0n) is 11.1. The highest BCUT2D eigenvalue weighted by Gasteiger charge is 2.33. The molecular formula is C13H22N2O4. The molecule has 2 fully saturated rings. The quantitative estimate of drug-likeness (QED) is 0.674. The maximum atomic E-state index is 11.7. The van der Waals surface area contributed by atoms with Gasteiger partial charge in [-0.25, -0.2) is 4.79 Å². The Morgan fingerprint density at radius 2 is 2.05 bits per heavy atom. The van der Waals surface area contributed by atoms with Gasteiger partial charge in [0, 0.05) is 19.2 Å². The van der Waals surface area contributed by atoms with Crippen molar-refractivity contribution in [2.45, 2.75) is 50.7 Å². The lowest BCUT2D eigenvalue weighted by molar-refractivity contribution is -0.137. The summed E-state index contributed by atoms with van der Waals surface area (Å²) < 4.78 is 5.52. The maximum absolute atomic E-state index is 11.7. The molecule has 6 nitrogen and oxygen atoms in total. The molecule has 0 radical (unpaired) electrons. The number of carboxylic acid groups (broad SMARTS) is 1. The minimum absolute atomic E-state index is 0.00197. The fourth-order valence-corrected chi connectivity index (χ4v) is 2.42. The van der Waals surface area contributed by atoms with E-state index < -0.39 is 5.97 Å². The minimum Gasteiger partial charge on any atom is -0.481 e. The van der Waals surface area contributed by atoms with Gasteiger partial charge in [0.25, 0.3) is 0 Å². The van der Waals surface area contributed by atoms with Crippen LogP contribution in [0.3, 0.4) is 0 Å². The van der Waals surface area contributed by atoms with Gasteiger partial charge >= 0.3 is 12.0 Å². The van der Waals surface area contributed by atoms with Crippen LogP contribution in [0.25, 0.3) is 0 Å². The summed E-state index contributed by atoms with van der Waals surface area (Å²) >= 11 is 0. The Bertz CT molecular complexity index is 325. The van der Waals surface area contributed by atoms with Crippen LogP contribution >= 0.6 is 0 Å². The molecule has 108 valence electrons. The summed E-state index contributed by atoms with van der Waals surface area (Å²) in [5.74, 6) is -0.541. The first-order valence-electron chi connectivity index (χ1n) is 7.03. The lowest BCUT2D eigenvalue weighted by Crippen LogP contribution is -2.46. The van der Waals surface area contributed by atoms with Gasteiger partial charge in [0.1, 0.15) is 0 Å². The number of amides is 2. The largest absolute Gasteiger partial charge is 0.481 e. The standard InChI is InChI=1S/C13H22N2O4/c16-12(17)7-11(9-4-5-9)15-13(18)14-8-10-3-1-2-6-19-10/h9-11H,1-8H2,(H,16,17)(H2,14,15,18). The van der Waals surface area contributed by atoms with Crippen LogP contribution in [0, 0.1) is 5.92 Å². The number of hydrogen-bond acceptors (Lipinski definition) is 3. The summed E-state index contributed by atoms with van der Waals surface area (Å²) in [4.78, 5) is 22.5. The smallest absolute Gasteiger partial charge is 0.315 e. The molecule has 1 heterocycles. The minimum atomic E-state index is -0.868. The molecule has 2 atom stereocenters. The Labute approximate surface area is 112 Å². The monoisotopic (exact) mass is 270 g/mol. The molecule has 0 aromatic carbocycles. The Hall–Kier alpha value is -1.30. The molecular weight excluding hydrogens is 248 g/mol. The Balaban J connectivity index is 1.68. The first kappa shape index (κ1) is 14.1. The van der Waals surface area contributed by atoms with Crippen molar-refractivity contribution >= 4 is 12.0 Å². The average molecular weight is 270 g/mol. The van der Waals surface area contributed by atoms with E-state index in [4.69, 9.17) is 9.84 Å². The number of urea groups is 1. The van der Waals surface area contributed by atoms with Crippen molar-refractivity contribution in [2.75, 3.05) is 13.2 Å². The van der Waals surface area contributed by atoms with Crippen molar-refractivity contribution in [1.29, 1.82) is 0 Å². The van der Waals surface area contributed by atoms with Gasteiger partial charge in [0.15, 0.2) is 0 Å². The molecule has 1 saturated heterocycles.